The molecule has 4 rings (SSSR count). The fourth-order valence-corrected chi connectivity index (χ4v) is 4.35. The van der Waals surface area contributed by atoms with Crippen LogP contribution in [0.1, 0.15) is 29.3 Å². The number of benzene rings is 1. The Morgan fingerprint density at radius 2 is 2.16 bits per heavy atom. The highest BCUT2D eigenvalue weighted by molar-refractivity contribution is 7.07. The molecule has 1 aliphatic heterocycles. The fourth-order valence-electron chi connectivity index (χ4n) is 3.69. The molecule has 0 amide bonds. The molecule has 4 nitrogen and oxygen atoms in total. The van der Waals surface area contributed by atoms with E-state index in [9.17, 15) is 5.11 Å². The molecule has 1 atom stereocenters. The summed E-state index contributed by atoms with van der Waals surface area (Å²) in [5.41, 5.74) is 3.71. The second kappa shape index (κ2) is 6.94. The molecule has 0 bridgehead atoms. The van der Waals surface area contributed by atoms with Crippen LogP contribution in [-0.4, -0.2) is 28.2 Å². The van der Waals surface area contributed by atoms with Gasteiger partial charge < -0.3 is 14.4 Å². The Bertz CT molecular complexity index is 841. The average Bonchev–Trinajstić information content (AvgIpc) is 3.25. The van der Waals surface area contributed by atoms with Crippen molar-refractivity contribution in [3.63, 3.8) is 0 Å². The van der Waals surface area contributed by atoms with Gasteiger partial charge in [0.15, 0.2) is 11.5 Å². The van der Waals surface area contributed by atoms with Crippen molar-refractivity contribution in [1.29, 1.82) is 0 Å². The molecule has 1 aliphatic rings. The first-order valence-electron chi connectivity index (χ1n) is 8.53. The van der Waals surface area contributed by atoms with Gasteiger partial charge in [0.2, 0.25) is 0 Å². The third-order valence-corrected chi connectivity index (χ3v) is 5.57. The molecule has 0 saturated heterocycles. The number of fused-ring (bicyclic) bond motifs is 1. The summed E-state index contributed by atoms with van der Waals surface area (Å²) in [6.45, 7) is 2.96. The molecule has 0 fully saturated rings. The van der Waals surface area contributed by atoms with E-state index in [1.165, 1.54) is 11.3 Å². The molecule has 1 aromatic carbocycles. The van der Waals surface area contributed by atoms with Gasteiger partial charge in [0.05, 0.1) is 13.2 Å². The van der Waals surface area contributed by atoms with Crippen LogP contribution in [0.5, 0.6) is 11.5 Å². The zero-order valence-corrected chi connectivity index (χ0v) is 15.1. The highest BCUT2D eigenvalue weighted by atomic mass is 32.1. The maximum atomic E-state index is 10.3. The van der Waals surface area contributed by atoms with Crippen LogP contribution in [0.3, 0.4) is 0 Å². The summed E-state index contributed by atoms with van der Waals surface area (Å²) in [6, 6.07) is 12.4. The Balaban J connectivity index is 1.76. The number of phenols is 1. The van der Waals surface area contributed by atoms with Crippen molar-refractivity contribution in [2.45, 2.75) is 25.6 Å². The molecule has 1 N–H and O–H groups in total. The summed E-state index contributed by atoms with van der Waals surface area (Å²) in [5, 5.41) is 14.6. The number of aryl methyl sites for hydroxylation is 1. The van der Waals surface area contributed by atoms with Crippen LogP contribution < -0.4 is 4.74 Å². The molecule has 1 unspecified atom stereocenters. The summed E-state index contributed by atoms with van der Waals surface area (Å²) < 4.78 is 7.54. The van der Waals surface area contributed by atoms with Crippen LogP contribution in [-0.2, 0) is 13.1 Å². The summed E-state index contributed by atoms with van der Waals surface area (Å²) >= 11 is 1.74. The maximum Gasteiger partial charge on any atom is 0.160 e. The Morgan fingerprint density at radius 1 is 1.24 bits per heavy atom. The zero-order chi connectivity index (χ0) is 17.2. The van der Waals surface area contributed by atoms with Crippen LogP contribution in [0.25, 0.3) is 0 Å². The Kier molecular flexibility index (Phi) is 4.51. The van der Waals surface area contributed by atoms with E-state index in [0.29, 0.717) is 5.75 Å². The monoisotopic (exact) mass is 354 g/mol. The van der Waals surface area contributed by atoms with E-state index in [0.717, 1.165) is 31.6 Å². The molecule has 2 aromatic heterocycles. The summed E-state index contributed by atoms with van der Waals surface area (Å²) in [5.74, 6) is 0.704. The van der Waals surface area contributed by atoms with E-state index in [-0.39, 0.29) is 11.8 Å². The lowest BCUT2D eigenvalue weighted by Crippen LogP contribution is -2.29. The van der Waals surface area contributed by atoms with E-state index in [4.69, 9.17) is 4.74 Å². The molecule has 3 aromatic rings. The largest absolute Gasteiger partial charge is 0.504 e. The topological polar surface area (TPSA) is 37.6 Å². The number of aromatic nitrogens is 1. The van der Waals surface area contributed by atoms with Gasteiger partial charge in [-0.15, -0.1) is 0 Å². The summed E-state index contributed by atoms with van der Waals surface area (Å²) in [7, 11) is 1.58. The van der Waals surface area contributed by atoms with Crippen molar-refractivity contribution in [3.8, 4) is 11.5 Å². The van der Waals surface area contributed by atoms with Crippen LogP contribution in [0, 0.1) is 0 Å². The van der Waals surface area contributed by atoms with E-state index in [1.54, 1.807) is 18.4 Å². The first-order valence-corrected chi connectivity index (χ1v) is 9.47. The molecule has 0 saturated carbocycles. The van der Waals surface area contributed by atoms with E-state index >= 15 is 0 Å². The minimum atomic E-state index is 0.120. The van der Waals surface area contributed by atoms with Gasteiger partial charge in [-0.3, -0.25) is 4.90 Å². The molecular formula is C20H22N2O2S. The molecule has 0 radical (unpaired) electrons. The van der Waals surface area contributed by atoms with E-state index in [2.05, 4.69) is 50.7 Å². The van der Waals surface area contributed by atoms with Crippen LogP contribution in [0.2, 0.25) is 0 Å². The van der Waals surface area contributed by atoms with Crippen LogP contribution in [0.15, 0.2) is 53.4 Å². The highest BCUT2D eigenvalue weighted by Gasteiger charge is 2.28. The number of hydrogen-bond donors (Lipinski definition) is 1. The summed E-state index contributed by atoms with van der Waals surface area (Å²) in [6.07, 6.45) is 3.27. The van der Waals surface area contributed by atoms with Crippen molar-refractivity contribution in [3.05, 3.63) is 70.2 Å². The van der Waals surface area contributed by atoms with Gasteiger partial charge in [0.1, 0.15) is 0 Å². The SMILES string of the molecule is COc1ccc(C2c3cccn3CCCN2Cc2ccsc2)cc1O. The number of rotatable bonds is 4. The number of phenolic OH excluding ortho intramolecular Hbond substituents is 1. The number of thiophene rings is 1. The molecular weight excluding hydrogens is 332 g/mol. The molecule has 3 heterocycles. The van der Waals surface area contributed by atoms with Crippen LogP contribution in [0.4, 0.5) is 0 Å². The lowest BCUT2D eigenvalue weighted by molar-refractivity contribution is 0.220. The minimum Gasteiger partial charge on any atom is -0.504 e. The molecule has 25 heavy (non-hydrogen) atoms. The second-order valence-electron chi connectivity index (χ2n) is 6.42. The molecule has 130 valence electrons. The molecule has 5 heteroatoms. The lowest BCUT2D eigenvalue weighted by Gasteiger charge is -2.30. The Labute approximate surface area is 151 Å². The molecule has 0 aliphatic carbocycles. The quantitative estimate of drug-likeness (QED) is 0.761. The predicted octanol–water partition coefficient (Wildman–Crippen LogP) is 4.26. The van der Waals surface area contributed by atoms with Gasteiger partial charge in [0.25, 0.3) is 0 Å². The Morgan fingerprint density at radius 3 is 2.92 bits per heavy atom. The smallest absolute Gasteiger partial charge is 0.160 e. The summed E-state index contributed by atoms with van der Waals surface area (Å²) in [4.78, 5) is 2.50. The number of nitrogens with zero attached hydrogens (tertiary/aromatic N) is 2. The van der Waals surface area contributed by atoms with E-state index in [1.807, 2.05) is 12.1 Å². The number of hydrogen-bond acceptors (Lipinski definition) is 4. The van der Waals surface area contributed by atoms with Gasteiger partial charge in [-0.05, 0) is 58.6 Å². The first kappa shape index (κ1) is 16.2. The Hall–Kier alpha value is -2.24. The van der Waals surface area contributed by atoms with Crippen molar-refractivity contribution < 1.29 is 9.84 Å². The standard InChI is InChI=1S/C20H22N2O2S/c1-24-19-6-5-16(12-18(19)23)20-17-4-2-8-21(17)9-3-10-22(20)13-15-7-11-25-14-15/h2,4-8,11-12,14,20,23H,3,9-10,13H2,1H3. The van der Waals surface area contributed by atoms with Crippen molar-refractivity contribution in [2.75, 3.05) is 13.7 Å². The normalized spacial score (nSPS) is 17.9. The third-order valence-electron chi connectivity index (χ3n) is 4.84. The van der Waals surface area contributed by atoms with Gasteiger partial charge in [-0.1, -0.05) is 6.07 Å². The van der Waals surface area contributed by atoms with Crippen LogP contribution >= 0.6 is 11.3 Å². The van der Waals surface area contributed by atoms with Gasteiger partial charge in [-0.25, -0.2) is 0 Å². The van der Waals surface area contributed by atoms with Crippen molar-refractivity contribution in [2.24, 2.45) is 0 Å². The molecule has 0 spiro atoms. The lowest BCUT2D eigenvalue weighted by atomic mass is 10.0. The number of aromatic hydroxyl groups is 1. The minimum absolute atomic E-state index is 0.120. The zero-order valence-electron chi connectivity index (χ0n) is 14.3. The average molecular weight is 354 g/mol. The van der Waals surface area contributed by atoms with Gasteiger partial charge in [0, 0.05) is 31.5 Å². The maximum absolute atomic E-state index is 10.3. The van der Waals surface area contributed by atoms with Gasteiger partial charge >= 0.3 is 0 Å². The predicted molar refractivity (Wildman–Crippen MR) is 100 cm³/mol. The van der Waals surface area contributed by atoms with Crippen molar-refractivity contribution >= 4 is 11.3 Å². The number of methoxy groups -OCH3 is 1. The first-order chi connectivity index (χ1) is 12.3. The highest BCUT2D eigenvalue weighted by Crippen LogP contribution is 2.37. The number of ether oxygens (including phenoxy) is 1. The van der Waals surface area contributed by atoms with Gasteiger partial charge in [-0.2, -0.15) is 11.3 Å². The third kappa shape index (κ3) is 3.17. The van der Waals surface area contributed by atoms with E-state index < -0.39 is 0 Å². The second-order valence-corrected chi connectivity index (χ2v) is 7.20. The van der Waals surface area contributed by atoms with Crippen molar-refractivity contribution in [1.82, 2.24) is 9.47 Å². The fraction of sp³-hybridized carbons (Fsp3) is 0.300.